The smallest absolute Gasteiger partial charge is 0.321 e. The predicted molar refractivity (Wildman–Crippen MR) is 102 cm³/mol. The van der Waals surface area contributed by atoms with Gasteiger partial charge in [0.1, 0.15) is 5.75 Å². The minimum Gasteiger partial charge on any atom is -0.497 e. The highest BCUT2D eigenvalue weighted by molar-refractivity contribution is 5.89. The van der Waals surface area contributed by atoms with Gasteiger partial charge in [-0.1, -0.05) is 6.07 Å². The lowest BCUT2D eigenvalue weighted by molar-refractivity contribution is 0.208. The fraction of sp³-hybridized carbons (Fsp3) is 0.350. The van der Waals surface area contributed by atoms with E-state index in [1.54, 1.807) is 7.11 Å². The molecule has 2 aromatic rings. The number of carbonyl (C=O) groups is 1. The van der Waals surface area contributed by atoms with Crippen LogP contribution in [-0.4, -0.2) is 44.2 Å². The molecule has 0 saturated carbocycles. The molecule has 3 rings (SSSR count). The van der Waals surface area contributed by atoms with Gasteiger partial charge in [-0.25, -0.2) is 4.79 Å². The van der Waals surface area contributed by atoms with E-state index in [-0.39, 0.29) is 6.03 Å². The van der Waals surface area contributed by atoms with E-state index in [0.717, 1.165) is 37.6 Å². The number of hydrogen-bond donors (Lipinski definition) is 1. The van der Waals surface area contributed by atoms with Crippen molar-refractivity contribution < 1.29 is 9.53 Å². The molecule has 0 aliphatic carbocycles. The Kier molecular flexibility index (Phi) is 5.12. The van der Waals surface area contributed by atoms with Crippen molar-refractivity contribution in [3.8, 4) is 5.75 Å². The summed E-state index contributed by atoms with van der Waals surface area (Å²) in [5.41, 5.74) is 4.57. The van der Waals surface area contributed by atoms with Crippen LogP contribution >= 0.6 is 0 Å². The number of aryl methyl sites for hydroxylation is 2. The highest BCUT2D eigenvalue weighted by Crippen LogP contribution is 2.21. The van der Waals surface area contributed by atoms with Gasteiger partial charge < -0.3 is 19.9 Å². The Morgan fingerprint density at radius 1 is 0.960 bits per heavy atom. The average molecular weight is 339 g/mol. The molecule has 1 saturated heterocycles. The minimum atomic E-state index is -0.0507. The van der Waals surface area contributed by atoms with Crippen molar-refractivity contribution in [3.05, 3.63) is 53.6 Å². The van der Waals surface area contributed by atoms with Crippen LogP contribution in [0.25, 0.3) is 0 Å². The van der Waals surface area contributed by atoms with Crippen LogP contribution in [0.4, 0.5) is 16.2 Å². The van der Waals surface area contributed by atoms with Crippen molar-refractivity contribution in [2.75, 3.05) is 43.5 Å². The largest absolute Gasteiger partial charge is 0.497 e. The molecule has 2 aromatic carbocycles. The minimum absolute atomic E-state index is 0.0507. The van der Waals surface area contributed by atoms with Crippen LogP contribution < -0.4 is 15.0 Å². The number of hydrogen-bond acceptors (Lipinski definition) is 3. The molecule has 1 aliphatic heterocycles. The number of nitrogens with zero attached hydrogens (tertiary/aromatic N) is 2. The van der Waals surface area contributed by atoms with Crippen molar-refractivity contribution in [3.63, 3.8) is 0 Å². The summed E-state index contributed by atoms with van der Waals surface area (Å²) in [6.07, 6.45) is 0. The molecule has 0 atom stereocenters. The molecule has 1 heterocycles. The third-order valence-corrected chi connectivity index (χ3v) is 4.48. The lowest BCUT2D eigenvalue weighted by atomic mass is 10.1. The van der Waals surface area contributed by atoms with Crippen molar-refractivity contribution in [2.45, 2.75) is 13.8 Å². The molecule has 5 heteroatoms. The van der Waals surface area contributed by atoms with Crippen molar-refractivity contribution in [1.29, 1.82) is 0 Å². The molecule has 25 heavy (non-hydrogen) atoms. The van der Waals surface area contributed by atoms with E-state index < -0.39 is 0 Å². The Labute approximate surface area is 149 Å². The average Bonchev–Trinajstić information content (AvgIpc) is 2.61. The molecule has 0 radical (unpaired) electrons. The number of piperazine rings is 1. The quantitative estimate of drug-likeness (QED) is 0.928. The molecule has 0 aromatic heterocycles. The van der Waals surface area contributed by atoms with E-state index in [9.17, 15) is 4.79 Å². The first kappa shape index (κ1) is 17.1. The third kappa shape index (κ3) is 4.24. The number of nitrogens with one attached hydrogen (secondary N) is 1. The highest BCUT2D eigenvalue weighted by atomic mass is 16.5. The van der Waals surface area contributed by atoms with Gasteiger partial charge in [0.15, 0.2) is 0 Å². The van der Waals surface area contributed by atoms with Gasteiger partial charge in [0.2, 0.25) is 0 Å². The standard InChI is InChI=1S/C20H25N3O2/c1-15-12-16(2)14-18(13-15)22-8-10-23(11-9-22)20(24)21-17-4-6-19(25-3)7-5-17/h4-7,12-14H,8-11H2,1-3H3,(H,21,24). The summed E-state index contributed by atoms with van der Waals surface area (Å²) in [6.45, 7) is 7.37. The second kappa shape index (κ2) is 7.47. The van der Waals surface area contributed by atoms with Crippen molar-refractivity contribution >= 4 is 17.4 Å². The van der Waals surface area contributed by atoms with Gasteiger partial charge in [0.25, 0.3) is 0 Å². The van der Waals surface area contributed by atoms with Crippen LogP contribution in [0.15, 0.2) is 42.5 Å². The molecule has 1 fully saturated rings. The molecule has 5 nitrogen and oxygen atoms in total. The SMILES string of the molecule is COc1ccc(NC(=O)N2CCN(c3cc(C)cc(C)c3)CC2)cc1. The number of methoxy groups -OCH3 is 1. The first-order chi connectivity index (χ1) is 12.0. The number of anilines is 2. The Morgan fingerprint density at radius 3 is 2.12 bits per heavy atom. The fourth-order valence-corrected chi connectivity index (χ4v) is 3.18. The van der Waals surface area contributed by atoms with Gasteiger partial charge in [-0.15, -0.1) is 0 Å². The highest BCUT2D eigenvalue weighted by Gasteiger charge is 2.21. The molecule has 2 amide bonds. The van der Waals surface area contributed by atoms with Gasteiger partial charge in [-0.05, 0) is 61.4 Å². The van der Waals surface area contributed by atoms with Gasteiger partial charge in [-0.3, -0.25) is 0 Å². The molecule has 0 unspecified atom stereocenters. The van der Waals surface area contributed by atoms with E-state index in [4.69, 9.17) is 4.74 Å². The van der Waals surface area contributed by atoms with E-state index in [0.29, 0.717) is 0 Å². The number of benzene rings is 2. The maximum absolute atomic E-state index is 12.4. The van der Waals surface area contributed by atoms with Crippen LogP contribution in [-0.2, 0) is 0 Å². The summed E-state index contributed by atoms with van der Waals surface area (Å²) in [5.74, 6) is 0.778. The van der Waals surface area contributed by atoms with Crippen LogP contribution in [0.1, 0.15) is 11.1 Å². The predicted octanol–water partition coefficient (Wildman–Crippen LogP) is 3.67. The number of ether oxygens (including phenoxy) is 1. The zero-order valence-electron chi connectivity index (χ0n) is 15.1. The molecule has 0 spiro atoms. The number of carbonyl (C=O) groups excluding carboxylic acids is 1. The zero-order chi connectivity index (χ0) is 17.8. The summed E-state index contributed by atoms with van der Waals surface area (Å²) in [6, 6.07) is 13.9. The molecular formula is C20H25N3O2. The maximum atomic E-state index is 12.4. The maximum Gasteiger partial charge on any atom is 0.321 e. The summed E-state index contributed by atoms with van der Waals surface area (Å²) in [7, 11) is 1.63. The topological polar surface area (TPSA) is 44.8 Å². The second-order valence-electron chi connectivity index (χ2n) is 6.48. The Hall–Kier alpha value is -2.69. The molecule has 1 N–H and O–H groups in total. The first-order valence-electron chi connectivity index (χ1n) is 8.58. The summed E-state index contributed by atoms with van der Waals surface area (Å²) in [5, 5.41) is 2.95. The Morgan fingerprint density at radius 2 is 1.56 bits per heavy atom. The molecular weight excluding hydrogens is 314 g/mol. The Balaban J connectivity index is 1.56. The van der Waals surface area contributed by atoms with Crippen LogP contribution in [0.3, 0.4) is 0 Å². The van der Waals surface area contributed by atoms with Crippen LogP contribution in [0.2, 0.25) is 0 Å². The first-order valence-corrected chi connectivity index (χ1v) is 8.58. The lowest BCUT2D eigenvalue weighted by Gasteiger charge is -2.36. The second-order valence-corrected chi connectivity index (χ2v) is 6.48. The van der Waals surface area contributed by atoms with Crippen molar-refractivity contribution in [2.24, 2.45) is 0 Å². The summed E-state index contributed by atoms with van der Waals surface area (Å²) >= 11 is 0. The zero-order valence-corrected chi connectivity index (χ0v) is 15.1. The third-order valence-electron chi connectivity index (χ3n) is 4.48. The number of rotatable bonds is 3. The molecule has 132 valence electrons. The van der Waals surface area contributed by atoms with Gasteiger partial charge >= 0.3 is 6.03 Å². The fourth-order valence-electron chi connectivity index (χ4n) is 3.18. The van der Waals surface area contributed by atoms with E-state index in [1.165, 1.54) is 16.8 Å². The number of amides is 2. The van der Waals surface area contributed by atoms with Gasteiger partial charge in [-0.2, -0.15) is 0 Å². The number of urea groups is 1. The van der Waals surface area contributed by atoms with E-state index >= 15 is 0 Å². The lowest BCUT2D eigenvalue weighted by Crippen LogP contribution is -2.50. The summed E-state index contributed by atoms with van der Waals surface area (Å²) in [4.78, 5) is 16.6. The molecule has 0 bridgehead atoms. The van der Waals surface area contributed by atoms with Crippen LogP contribution in [0.5, 0.6) is 5.75 Å². The van der Waals surface area contributed by atoms with Crippen LogP contribution in [0, 0.1) is 13.8 Å². The summed E-state index contributed by atoms with van der Waals surface area (Å²) < 4.78 is 5.13. The van der Waals surface area contributed by atoms with Gasteiger partial charge in [0, 0.05) is 37.6 Å². The monoisotopic (exact) mass is 339 g/mol. The molecule has 1 aliphatic rings. The van der Waals surface area contributed by atoms with E-state index in [2.05, 4.69) is 42.3 Å². The normalized spacial score (nSPS) is 14.4. The Bertz CT molecular complexity index is 715. The van der Waals surface area contributed by atoms with Gasteiger partial charge in [0.05, 0.1) is 7.11 Å². The van der Waals surface area contributed by atoms with E-state index in [1.807, 2.05) is 29.2 Å². The van der Waals surface area contributed by atoms with Crippen molar-refractivity contribution in [1.82, 2.24) is 4.90 Å².